The van der Waals surface area contributed by atoms with Gasteiger partial charge in [-0.05, 0) is 12.8 Å². The van der Waals surface area contributed by atoms with E-state index in [0.29, 0.717) is 6.42 Å². The maximum absolute atomic E-state index is 10.9. The number of carboxylic acid groups (broad SMARTS) is 1. The zero-order chi connectivity index (χ0) is 11.8. The van der Waals surface area contributed by atoms with Crippen molar-refractivity contribution < 1.29 is 19.5 Å². The summed E-state index contributed by atoms with van der Waals surface area (Å²) in [6, 6.07) is 0. The first-order valence-electron chi connectivity index (χ1n) is 4.70. The molecule has 1 rings (SSSR count). The van der Waals surface area contributed by atoms with Crippen LogP contribution in [-0.2, 0) is 14.4 Å². The minimum atomic E-state index is -0.981. The minimum Gasteiger partial charge on any atom is -0.478 e. The van der Waals surface area contributed by atoms with Crippen LogP contribution in [0.25, 0.3) is 0 Å². The lowest BCUT2D eigenvalue weighted by Gasteiger charge is -2.18. The molecule has 1 aliphatic heterocycles. The van der Waals surface area contributed by atoms with Crippen molar-refractivity contribution in [2.45, 2.75) is 26.2 Å². The molecule has 1 atom stereocenters. The third-order valence-corrected chi connectivity index (χ3v) is 2.02. The highest BCUT2D eigenvalue weighted by Gasteiger charge is 2.24. The summed E-state index contributed by atoms with van der Waals surface area (Å²) in [6.45, 7) is 4.92. The maximum atomic E-state index is 10.9. The second kappa shape index (κ2) is 6.75. The lowest BCUT2D eigenvalue weighted by atomic mass is 9.96. The monoisotopic (exact) mass is 213 g/mol. The maximum Gasteiger partial charge on any atom is 0.327 e. The number of imide groups is 1. The number of carboxylic acids is 1. The highest BCUT2D eigenvalue weighted by molar-refractivity contribution is 5.98. The zero-order valence-corrected chi connectivity index (χ0v) is 8.66. The van der Waals surface area contributed by atoms with Gasteiger partial charge < -0.3 is 5.11 Å². The summed E-state index contributed by atoms with van der Waals surface area (Å²) in [5.41, 5.74) is 0. The Bertz CT molecular complexity index is 273. The number of carbonyl (C=O) groups excluding carboxylic acids is 2. The molecule has 1 fully saturated rings. The molecule has 0 aromatic carbocycles. The Hall–Kier alpha value is -1.65. The molecule has 0 saturated carbocycles. The molecule has 0 aromatic heterocycles. The Morgan fingerprint density at radius 3 is 2.53 bits per heavy atom. The summed E-state index contributed by atoms with van der Waals surface area (Å²) in [4.78, 5) is 30.8. The molecule has 0 aromatic rings. The van der Waals surface area contributed by atoms with E-state index in [-0.39, 0.29) is 17.7 Å². The van der Waals surface area contributed by atoms with Crippen molar-refractivity contribution in [2.75, 3.05) is 0 Å². The highest BCUT2D eigenvalue weighted by Crippen LogP contribution is 2.14. The molecule has 0 spiro atoms. The van der Waals surface area contributed by atoms with Crippen molar-refractivity contribution in [2.24, 2.45) is 5.92 Å². The van der Waals surface area contributed by atoms with Gasteiger partial charge in [-0.1, -0.05) is 13.5 Å². The molecule has 1 heterocycles. The smallest absolute Gasteiger partial charge is 0.327 e. The van der Waals surface area contributed by atoms with Gasteiger partial charge in [-0.25, -0.2) is 4.79 Å². The van der Waals surface area contributed by atoms with E-state index in [1.165, 1.54) is 0 Å². The van der Waals surface area contributed by atoms with E-state index in [1.807, 2.05) is 6.92 Å². The molecule has 0 radical (unpaired) electrons. The topological polar surface area (TPSA) is 83.5 Å². The molecule has 15 heavy (non-hydrogen) atoms. The second-order valence-corrected chi connectivity index (χ2v) is 3.10. The zero-order valence-electron chi connectivity index (χ0n) is 8.66. The Morgan fingerprint density at radius 2 is 2.20 bits per heavy atom. The van der Waals surface area contributed by atoms with E-state index in [4.69, 9.17) is 5.11 Å². The lowest BCUT2D eigenvalue weighted by Crippen LogP contribution is -2.40. The number of hydrogen-bond donors (Lipinski definition) is 2. The molecule has 2 amide bonds. The summed E-state index contributed by atoms with van der Waals surface area (Å²) >= 11 is 0. The molecular formula is C10H15NO4. The van der Waals surface area contributed by atoms with Crippen LogP contribution in [0.3, 0.4) is 0 Å². The van der Waals surface area contributed by atoms with E-state index in [2.05, 4.69) is 11.9 Å². The summed E-state index contributed by atoms with van der Waals surface area (Å²) in [6.07, 6.45) is 2.89. The summed E-state index contributed by atoms with van der Waals surface area (Å²) in [5, 5.41) is 9.91. The van der Waals surface area contributed by atoms with Crippen LogP contribution in [0.15, 0.2) is 12.7 Å². The molecule has 0 bridgehead atoms. The van der Waals surface area contributed by atoms with Gasteiger partial charge in [0, 0.05) is 18.4 Å². The summed E-state index contributed by atoms with van der Waals surface area (Å²) in [7, 11) is 0. The predicted molar refractivity (Wildman–Crippen MR) is 54.0 cm³/mol. The lowest BCUT2D eigenvalue weighted by molar-refractivity contribution is -0.136. The molecule has 1 unspecified atom stereocenters. The van der Waals surface area contributed by atoms with Gasteiger partial charge >= 0.3 is 5.97 Å². The number of amides is 2. The minimum absolute atomic E-state index is 0.0673. The van der Waals surface area contributed by atoms with Crippen molar-refractivity contribution in [1.29, 1.82) is 0 Å². The van der Waals surface area contributed by atoms with Gasteiger partial charge in [0.05, 0.1) is 0 Å². The van der Waals surface area contributed by atoms with Crippen LogP contribution >= 0.6 is 0 Å². The molecule has 1 aliphatic rings. The Labute approximate surface area is 88.2 Å². The largest absolute Gasteiger partial charge is 0.478 e. The fourth-order valence-electron chi connectivity index (χ4n) is 1.13. The first kappa shape index (κ1) is 13.4. The van der Waals surface area contributed by atoms with Crippen molar-refractivity contribution in [3.8, 4) is 0 Å². The van der Waals surface area contributed by atoms with E-state index in [9.17, 15) is 14.4 Å². The summed E-state index contributed by atoms with van der Waals surface area (Å²) < 4.78 is 0. The number of carbonyl (C=O) groups is 3. The molecule has 84 valence electrons. The van der Waals surface area contributed by atoms with Crippen molar-refractivity contribution >= 4 is 17.8 Å². The van der Waals surface area contributed by atoms with E-state index in [1.54, 1.807) is 0 Å². The predicted octanol–water partition coefficient (Wildman–Crippen LogP) is 0.706. The number of piperidine rings is 1. The van der Waals surface area contributed by atoms with Gasteiger partial charge in [-0.2, -0.15) is 0 Å². The van der Waals surface area contributed by atoms with Gasteiger partial charge in [-0.15, -0.1) is 0 Å². The average molecular weight is 213 g/mol. The molecule has 2 N–H and O–H groups in total. The number of rotatable bonds is 2. The Kier molecular flexibility index (Phi) is 6.01. The summed E-state index contributed by atoms with van der Waals surface area (Å²) in [5.74, 6) is -1.14. The highest BCUT2D eigenvalue weighted by atomic mass is 16.4. The first-order chi connectivity index (χ1) is 7.01. The van der Waals surface area contributed by atoms with Crippen molar-refractivity contribution in [3.63, 3.8) is 0 Å². The SMILES string of the molecule is C=CC(=O)O.CCC1CCC(=O)NC1=O. The molecular weight excluding hydrogens is 198 g/mol. The van der Waals surface area contributed by atoms with Gasteiger partial charge in [0.1, 0.15) is 0 Å². The van der Waals surface area contributed by atoms with E-state index >= 15 is 0 Å². The molecule has 0 aliphatic carbocycles. The van der Waals surface area contributed by atoms with Crippen LogP contribution < -0.4 is 5.32 Å². The van der Waals surface area contributed by atoms with Crippen LogP contribution in [0.4, 0.5) is 0 Å². The third-order valence-electron chi connectivity index (χ3n) is 2.02. The van der Waals surface area contributed by atoms with E-state index in [0.717, 1.165) is 18.9 Å². The average Bonchev–Trinajstić information content (AvgIpc) is 2.19. The molecule has 1 saturated heterocycles. The van der Waals surface area contributed by atoms with Gasteiger partial charge in [-0.3, -0.25) is 14.9 Å². The van der Waals surface area contributed by atoms with Gasteiger partial charge in [0.15, 0.2) is 0 Å². The standard InChI is InChI=1S/C7H11NO2.C3H4O2/c1-2-5-3-4-6(9)8-7(5)10;1-2-3(4)5/h5H,2-4H2,1H3,(H,8,9,10);2H,1H2,(H,4,5). The van der Waals surface area contributed by atoms with Crippen LogP contribution in [0, 0.1) is 5.92 Å². The Morgan fingerprint density at radius 1 is 1.67 bits per heavy atom. The van der Waals surface area contributed by atoms with Gasteiger partial charge in [0.25, 0.3) is 0 Å². The Balaban J connectivity index is 0.000000336. The van der Waals surface area contributed by atoms with Gasteiger partial charge in [0.2, 0.25) is 11.8 Å². The van der Waals surface area contributed by atoms with Crippen LogP contribution in [-0.4, -0.2) is 22.9 Å². The number of aliphatic carboxylic acids is 1. The van der Waals surface area contributed by atoms with Crippen LogP contribution in [0.5, 0.6) is 0 Å². The molecule has 5 nitrogen and oxygen atoms in total. The van der Waals surface area contributed by atoms with Crippen LogP contribution in [0.1, 0.15) is 26.2 Å². The van der Waals surface area contributed by atoms with Crippen molar-refractivity contribution in [3.05, 3.63) is 12.7 Å². The van der Waals surface area contributed by atoms with Crippen LogP contribution in [0.2, 0.25) is 0 Å². The fourth-order valence-corrected chi connectivity index (χ4v) is 1.13. The first-order valence-corrected chi connectivity index (χ1v) is 4.70. The number of hydrogen-bond acceptors (Lipinski definition) is 3. The van der Waals surface area contributed by atoms with E-state index < -0.39 is 5.97 Å². The quantitative estimate of drug-likeness (QED) is 0.522. The second-order valence-electron chi connectivity index (χ2n) is 3.10. The fraction of sp³-hybridized carbons (Fsp3) is 0.500. The normalized spacial score (nSPS) is 19.7. The van der Waals surface area contributed by atoms with Crippen molar-refractivity contribution in [1.82, 2.24) is 5.32 Å². The third kappa shape index (κ3) is 5.61. The number of nitrogens with one attached hydrogen (secondary N) is 1. The molecule has 5 heteroatoms.